The van der Waals surface area contributed by atoms with E-state index in [-0.39, 0.29) is 5.75 Å². The Balaban J connectivity index is 1.53. The van der Waals surface area contributed by atoms with Gasteiger partial charge in [0.2, 0.25) is 0 Å². The van der Waals surface area contributed by atoms with Crippen LogP contribution in [0, 0.1) is 11.3 Å². The van der Waals surface area contributed by atoms with Gasteiger partial charge < -0.3 is 10.1 Å². The predicted molar refractivity (Wildman–Crippen MR) is 108 cm³/mol. The van der Waals surface area contributed by atoms with Crippen LogP contribution < -0.4 is 5.32 Å². The molecule has 0 aliphatic heterocycles. The molecular weight excluding hydrogens is 404 g/mol. The summed E-state index contributed by atoms with van der Waals surface area (Å²) in [5.74, 6) is -0.938. The van der Waals surface area contributed by atoms with Crippen molar-refractivity contribution in [1.82, 2.24) is 0 Å². The van der Waals surface area contributed by atoms with Crippen molar-refractivity contribution in [2.45, 2.75) is 4.90 Å². The molecule has 1 heterocycles. The number of carbonyl (C=O) groups excluding carboxylic acids is 2. The number of nitrogens with zero attached hydrogens (tertiary/aromatic N) is 1. The number of thioether (sulfide) groups is 1. The Hall–Kier alpha value is -2.53. The zero-order valence-corrected chi connectivity index (χ0v) is 16.3. The number of esters is 1. The fourth-order valence-corrected chi connectivity index (χ4v) is 4.36. The average molecular weight is 417 g/mol. The molecule has 3 aromatic rings. The van der Waals surface area contributed by atoms with E-state index < -0.39 is 18.5 Å². The highest BCUT2D eigenvalue weighted by Gasteiger charge is 2.13. The van der Waals surface area contributed by atoms with Gasteiger partial charge in [-0.2, -0.15) is 5.26 Å². The van der Waals surface area contributed by atoms with Gasteiger partial charge in [-0.15, -0.1) is 23.1 Å². The van der Waals surface area contributed by atoms with Gasteiger partial charge in [0.05, 0.1) is 11.3 Å². The van der Waals surface area contributed by atoms with Gasteiger partial charge in [0.1, 0.15) is 11.1 Å². The molecule has 136 valence electrons. The molecule has 5 nitrogen and oxygen atoms in total. The highest BCUT2D eigenvalue weighted by atomic mass is 35.5. The molecule has 1 aromatic heterocycles. The van der Waals surface area contributed by atoms with Gasteiger partial charge in [-0.05, 0) is 29.0 Å². The Morgan fingerprint density at radius 3 is 2.78 bits per heavy atom. The molecule has 27 heavy (non-hydrogen) atoms. The van der Waals surface area contributed by atoms with E-state index in [0.29, 0.717) is 15.6 Å². The Morgan fingerprint density at radius 1 is 1.22 bits per heavy atom. The van der Waals surface area contributed by atoms with Gasteiger partial charge in [0.25, 0.3) is 5.91 Å². The van der Waals surface area contributed by atoms with Crippen LogP contribution in [0.3, 0.4) is 0 Å². The third kappa shape index (κ3) is 4.80. The number of halogens is 1. The van der Waals surface area contributed by atoms with Crippen molar-refractivity contribution >= 4 is 62.3 Å². The molecule has 0 aliphatic rings. The lowest BCUT2D eigenvalue weighted by molar-refractivity contribution is -0.144. The minimum absolute atomic E-state index is 0.0556. The van der Waals surface area contributed by atoms with Crippen LogP contribution in [0.25, 0.3) is 10.8 Å². The molecule has 0 bridgehead atoms. The Bertz CT molecular complexity index is 1040. The molecule has 0 aliphatic carbocycles. The summed E-state index contributed by atoms with van der Waals surface area (Å²) in [6.45, 7) is -0.404. The molecule has 1 N–H and O–H groups in total. The number of rotatable bonds is 6. The first-order chi connectivity index (χ1) is 13.1. The second-order valence-electron chi connectivity index (χ2n) is 5.37. The van der Waals surface area contributed by atoms with E-state index >= 15 is 0 Å². The van der Waals surface area contributed by atoms with Crippen LogP contribution >= 0.6 is 34.7 Å². The van der Waals surface area contributed by atoms with Crippen molar-refractivity contribution in [3.05, 3.63) is 58.4 Å². The fraction of sp³-hybridized carbons (Fsp3) is 0.105. The number of nitriles is 1. The second-order valence-corrected chi connectivity index (χ2v) is 7.71. The quantitative estimate of drug-likeness (QED) is 0.465. The molecule has 2 aromatic carbocycles. The summed E-state index contributed by atoms with van der Waals surface area (Å²) in [5, 5.41) is 16.1. The van der Waals surface area contributed by atoms with Crippen LogP contribution in [0.2, 0.25) is 5.02 Å². The highest BCUT2D eigenvalue weighted by Crippen LogP contribution is 2.33. The highest BCUT2D eigenvalue weighted by molar-refractivity contribution is 8.00. The summed E-state index contributed by atoms with van der Waals surface area (Å²) in [4.78, 5) is 24.7. The van der Waals surface area contributed by atoms with Crippen LogP contribution in [0.5, 0.6) is 0 Å². The van der Waals surface area contributed by atoms with Crippen LogP contribution in [0.15, 0.2) is 52.7 Å². The SMILES string of the molecule is N#Cc1ccsc1NC(=O)COC(=O)CSc1cccc2cccc(Cl)c12. The maximum atomic E-state index is 12.0. The lowest BCUT2D eigenvalue weighted by atomic mass is 10.1. The number of carbonyl (C=O) groups is 2. The normalized spacial score (nSPS) is 10.4. The number of nitrogens with one attached hydrogen (secondary N) is 1. The van der Waals surface area contributed by atoms with Crippen LogP contribution in [0.1, 0.15) is 5.56 Å². The first-order valence-electron chi connectivity index (χ1n) is 7.81. The van der Waals surface area contributed by atoms with Gasteiger partial charge in [0, 0.05) is 15.3 Å². The fourth-order valence-electron chi connectivity index (χ4n) is 2.36. The smallest absolute Gasteiger partial charge is 0.316 e. The summed E-state index contributed by atoms with van der Waals surface area (Å²) in [6.07, 6.45) is 0. The number of thiophene rings is 1. The van der Waals surface area contributed by atoms with Crippen LogP contribution in [0.4, 0.5) is 5.00 Å². The van der Waals surface area contributed by atoms with E-state index in [1.165, 1.54) is 23.1 Å². The largest absolute Gasteiger partial charge is 0.455 e. The topological polar surface area (TPSA) is 79.2 Å². The molecular formula is C19H13ClN2O3S2. The molecule has 8 heteroatoms. The van der Waals surface area contributed by atoms with Crippen molar-refractivity contribution in [3.63, 3.8) is 0 Å². The molecule has 0 spiro atoms. The zero-order chi connectivity index (χ0) is 19.2. The summed E-state index contributed by atoms with van der Waals surface area (Å²) in [6, 6.07) is 15.0. The van der Waals surface area contributed by atoms with Gasteiger partial charge in [-0.3, -0.25) is 9.59 Å². The van der Waals surface area contributed by atoms with Gasteiger partial charge in [0.15, 0.2) is 6.61 Å². The number of benzene rings is 2. The van der Waals surface area contributed by atoms with E-state index in [1.54, 1.807) is 17.5 Å². The molecule has 0 saturated carbocycles. The number of ether oxygens (including phenoxy) is 1. The zero-order valence-electron chi connectivity index (χ0n) is 13.9. The lowest BCUT2D eigenvalue weighted by Gasteiger charge is -2.08. The van der Waals surface area contributed by atoms with Crippen LogP contribution in [-0.4, -0.2) is 24.2 Å². The van der Waals surface area contributed by atoms with Crippen molar-refractivity contribution in [1.29, 1.82) is 5.26 Å². The summed E-state index contributed by atoms with van der Waals surface area (Å²) in [7, 11) is 0. The molecule has 0 fully saturated rings. The molecule has 0 unspecified atom stereocenters. The average Bonchev–Trinajstić information content (AvgIpc) is 3.11. The van der Waals surface area contributed by atoms with Crippen molar-refractivity contribution in [2.24, 2.45) is 0 Å². The number of anilines is 1. The standard InChI is InChI=1S/C19H13ClN2O3S2/c20-14-5-1-3-12-4-2-6-15(18(12)14)27-11-17(24)25-10-16(23)22-19-13(9-21)7-8-26-19/h1-8H,10-11H2,(H,22,23). The minimum atomic E-state index is -0.508. The van der Waals surface area contributed by atoms with E-state index in [0.717, 1.165) is 15.7 Å². The molecule has 0 saturated heterocycles. The maximum absolute atomic E-state index is 12.0. The number of hydrogen-bond acceptors (Lipinski definition) is 6. The van der Waals surface area contributed by atoms with Crippen LogP contribution in [-0.2, 0) is 14.3 Å². The Morgan fingerprint density at radius 2 is 2.00 bits per heavy atom. The molecule has 3 rings (SSSR count). The van der Waals surface area contributed by atoms with Crippen molar-refractivity contribution in [2.75, 3.05) is 17.7 Å². The van der Waals surface area contributed by atoms with E-state index in [2.05, 4.69) is 5.32 Å². The summed E-state index contributed by atoms with van der Waals surface area (Å²) >= 11 is 8.81. The van der Waals surface area contributed by atoms with Gasteiger partial charge in [-0.1, -0.05) is 35.9 Å². The first kappa shape index (κ1) is 19.2. The first-order valence-corrected chi connectivity index (χ1v) is 10.1. The van der Waals surface area contributed by atoms with Gasteiger partial charge >= 0.3 is 5.97 Å². The third-order valence-corrected chi connectivity index (χ3v) is 5.74. The molecule has 0 radical (unpaired) electrons. The van der Waals surface area contributed by atoms with E-state index in [9.17, 15) is 9.59 Å². The summed E-state index contributed by atoms with van der Waals surface area (Å²) < 4.78 is 5.01. The predicted octanol–water partition coefficient (Wildman–Crippen LogP) is 4.70. The third-order valence-electron chi connectivity index (χ3n) is 3.56. The second kappa shape index (κ2) is 8.91. The lowest BCUT2D eigenvalue weighted by Crippen LogP contribution is -2.21. The van der Waals surface area contributed by atoms with Crippen molar-refractivity contribution < 1.29 is 14.3 Å². The number of hydrogen-bond donors (Lipinski definition) is 1. The van der Waals surface area contributed by atoms with Crippen molar-refractivity contribution in [3.8, 4) is 6.07 Å². The Kier molecular flexibility index (Phi) is 6.35. The van der Waals surface area contributed by atoms with E-state index in [4.69, 9.17) is 21.6 Å². The summed E-state index contributed by atoms with van der Waals surface area (Å²) in [5.41, 5.74) is 0.378. The Labute approximate surface area is 168 Å². The van der Waals surface area contributed by atoms with E-state index in [1.807, 2.05) is 36.4 Å². The number of fused-ring (bicyclic) bond motifs is 1. The van der Waals surface area contributed by atoms with Gasteiger partial charge in [-0.25, -0.2) is 0 Å². The monoisotopic (exact) mass is 416 g/mol. The number of amides is 1. The molecule has 0 atom stereocenters. The maximum Gasteiger partial charge on any atom is 0.316 e. The minimum Gasteiger partial charge on any atom is -0.455 e. The molecule has 1 amide bonds.